The van der Waals surface area contributed by atoms with Gasteiger partial charge in [0.25, 0.3) is 5.71 Å². The SMILES string of the molecule is O=C(O)c1cc(-c2ccco2)nc2onc(-c3ccccc3)c12. The molecule has 0 aliphatic carbocycles. The van der Waals surface area contributed by atoms with Crippen LogP contribution in [0.15, 0.2) is 63.7 Å². The third-order valence-electron chi connectivity index (χ3n) is 3.50. The maximum absolute atomic E-state index is 11.7. The first kappa shape index (κ1) is 13.3. The zero-order valence-corrected chi connectivity index (χ0v) is 11.8. The van der Waals surface area contributed by atoms with E-state index in [0.717, 1.165) is 5.56 Å². The number of fused-ring (bicyclic) bond motifs is 1. The van der Waals surface area contributed by atoms with Gasteiger partial charge in [0.15, 0.2) is 5.76 Å². The van der Waals surface area contributed by atoms with Gasteiger partial charge in [-0.15, -0.1) is 0 Å². The monoisotopic (exact) mass is 306 g/mol. The van der Waals surface area contributed by atoms with E-state index in [0.29, 0.717) is 22.5 Å². The number of carbonyl (C=O) groups is 1. The third kappa shape index (κ3) is 2.17. The maximum atomic E-state index is 11.7. The molecule has 0 amide bonds. The van der Waals surface area contributed by atoms with Crippen LogP contribution in [0.3, 0.4) is 0 Å². The Labute approximate surface area is 130 Å². The number of hydrogen-bond acceptors (Lipinski definition) is 5. The Balaban J connectivity index is 2.01. The molecule has 0 aliphatic rings. The Hall–Kier alpha value is -3.41. The first-order chi connectivity index (χ1) is 11.2. The molecule has 0 atom stereocenters. The summed E-state index contributed by atoms with van der Waals surface area (Å²) in [4.78, 5) is 16.0. The van der Waals surface area contributed by atoms with E-state index >= 15 is 0 Å². The van der Waals surface area contributed by atoms with E-state index in [9.17, 15) is 9.90 Å². The van der Waals surface area contributed by atoms with Gasteiger partial charge in [0.2, 0.25) is 0 Å². The number of hydrogen-bond donors (Lipinski definition) is 1. The van der Waals surface area contributed by atoms with E-state index in [2.05, 4.69) is 10.1 Å². The predicted molar refractivity (Wildman–Crippen MR) is 81.9 cm³/mol. The van der Waals surface area contributed by atoms with Crippen LogP contribution >= 0.6 is 0 Å². The maximum Gasteiger partial charge on any atom is 0.336 e. The number of pyridine rings is 1. The molecule has 0 radical (unpaired) electrons. The lowest BCUT2D eigenvalue weighted by Crippen LogP contribution is -1.99. The highest BCUT2D eigenvalue weighted by atomic mass is 16.5. The lowest BCUT2D eigenvalue weighted by molar-refractivity contribution is 0.0699. The molecule has 0 bridgehead atoms. The highest BCUT2D eigenvalue weighted by Crippen LogP contribution is 2.32. The van der Waals surface area contributed by atoms with Crippen molar-refractivity contribution in [3.05, 3.63) is 60.4 Å². The molecule has 3 heterocycles. The van der Waals surface area contributed by atoms with Gasteiger partial charge in [-0.25, -0.2) is 9.78 Å². The average molecular weight is 306 g/mol. The molecule has 0 saturated heterocycles. The van der Waals surface area contributed by atoms with Crippen LogP contribution in [0.5, 0.6) is 0 Å². The molecule has 3 aromatic heterocycles. The van der Waals surface area contributed by atoms with Crippen LogP contribution in [0.1, 0.15) is 10.4 Å². The molecule has 4 aromatic rings. The Bertz CT molecular complexity index is 988. The van der Waals surface area contributed by atoms with Crippen LogP contribution in [0.2, 0.25) is 0 Å². The molecular weight excluding hydrogens is 296 g/mol. The first-order valence-corrected chi connectivity index (χ1v) is 6.87. The summed E-state index contributed by atoms with van der Waals surface area (Å²) in [5, 5.41) is 13.9. The van der Waals surface area contributed by atoms with Crippen molar-refractivity contribution in [3.63, 3.8) is 0 Å². The number of carboxylic acid groups (broad SMARTS) is 1. The molecule has 1 aromatic carbocycles. The molecule has 6 nitrogen and oxygen atoms in total. The van der Waals surface area contributed by atoms with Crippen molar-refractivity contribution in [3.8, 4) is 22.7 Å². The van der Waals surface area contributed by atoms with Crippen LogP contribution in [0.4, 0.5) is 0 Å². The molecule has 0 spiro atoms. The lowest BCUT2D eigenvalue weighted by atomic mass is 10.0. The van der Waals surface area contributed by atoms with Gasteiger partial charge in [0.05, 0.1) is 17.2 Å². The molecule has 112 valence electrons. The van der Waals surface area contributed by atoms with Crippen LogP contribution in [0, 0.1) is 0 Å². The van der Waals surface area contributed by atoms with Crippen molar-refractivity contribution in [1.82, 2.24) is 10.1 Å². The third-order valence-corrected chi connectivity index (χ3v) is 3.50. The molecule has 0 fully saturated rings. The smallest absolute Gasteiger partial charge is 0.336 e. The Morgan fingerprint density at radius 3 is 2.61 bits per heavy atom. The van der Waals surface area contributed by atoms with Crippen LogP contribution in [-0.2, 0) is 0 Å². The van der Waals surface area contributed by atoms with Gasteiger partial charge < -0.3 is 14.0 Å². The number of furan rings is 1. The molecular formula is C17H10N2O4. The van der Waals surface area contributed by atoms with Gasteiger partial charge in [-0.1, -0.05) is 35.5 Å². The Kier molecular flexibility index (Phi) is 2.94. The Morgan fingerprint density at radius 1 is 1.09 bits per heavy atom. The van der Waals surface area contributed by atoms with Gasteiger partial charge >= 0.3 is 5.97 Å². The van der Waals surface area contributed by atoms with E-state index < -0.39 is 5.97 Å². The molecule has 6 heteroatoms. The second-order valence-electron chi connectivity index (χ2n) is 4.91. The van der Waals surface area contributed by atoms with Crippen molar-refractivity contribution in [2.75, 3.05) is 0 Å². The fourth-order valence-electron chi connectivity index (χ4n) is 2.46. The van der Waals surface area contributed by atoms with E-state index in [-0.39, 0.29) is 11.3 Å². The molecule has 4 rings (SSSR count). The number of benzene rings is 1. The standard InChI is InChI=1S/C17H10N2O4/c20-17(21)11-9-12(13-7-4-8-22-13)18-16-14(11)15(19-23-16)10-5-2-1-3-6-10/h1-9H,(H,20,21). The minimum absolute atomic E-state index is 0.0708. The first-order valence-electron chi connectivity index (χ1n) is 6.87. The summed E-state index contributed by atoms with van der Waals surface area (Å²) in [6, 6.07) is 14.1. The fourth-order valence-corrected chi connectivity index (χ4v) is 2.46. The highest BCUT2D eigenvalue weighted by Gasteiger charge is 2.22. The van der Waals surface area contributed by atoms with Crippen molar-refractivity contribution in [2.45, 2.75) is 0 Å². The van der Waals surface area contributed by atoms with Crippen LogP contribution in [0.25, 0.3) is 33.8 Å². The highest BCUT2D eigenvalue weighted by molar-refractivity contribution is 6.07. The summed E-state index contributed by atoms with van der Waals surface area (Å²) in [5.74, 6) is -0.613. The molecule has 0 unspecified atom stereocenters. The average Bonchev–Trinajstić information content (AvgIpc) is 3.24. The van der Waals surface area contributed by atoms with Gasteiger partial charge in [-0.05, 0) is 18.2 Å². The second-order valence-corrected chi connectivity index (χ2v) is 4.91. The minimum atomic E-state index is -1.08. The molecule has 1 N–H and O–H groups in total. The van der Waals surface area contributed by atoms with Crippen LogP contribution < -0.4 is 0 Å². The summed E-state index contributed by atoms with van der Waals surface area (Å²) in [7, 11) is 0. The second kappa shape index (κ2) is 5.10. The molecule has 23 heavy (non-hydrogen) atoms. The summed E-state index contributed by atoms with van der Waals surface area (Å²) in [6.07, 6.45) is 1.50. The van der Waals surface area contributed by atoms with E-state index in [4.69, 9.17) is 8.94 Å². The Morgan fingerprint density at radius 2 is 1.91 bits per heavy atom. The summed E-state index contributed by atoms with van der Waals surface area (Å²) in [6.45, 7) is 0. The minimum Gasteiger partial charge on any atom is -0.478 e. The quantitative estimate of drug-likeness (QED) is 0.618. The van der Waals surface area contributed by atoms with E-state index in [1.54, 1.807) is 12.1 Å². The number of nitrogens with zero attached hydrogens (tertiary/aromatic N) is 2. The van der Waals surface area contributed by atoms with Crippen molar-refractivity contribution >= 4 is 17.1 Å². The van der Waals surface area contributed by atoms with E-state index in [1.165, 1.54) is 12.3 Å². The number of rotatable bonds is 3. The number of carboxylic acids is 1. The number of aromatic nitrogens is 2. The van der Waals surface area contributed by atoms with Crippen molar-refractivity contribution < 1.29 is 18.8 Å². The summed E-state index contributed by atoms with van der Waals surface area (Å²) in [5.41, 5.74) is 1.84. The zero-order chi connectivity index (χ0) is 15.8. The fraction of sp³-hybridized carbons (Fsp3) is 0. The van der Waals surface area contributed by atoms with Crippen LogP contribution in [-0.4, -0.2) is 21.2 Å². The van der Waals surface area contributed by atoms with E-state index in [1.807, 2.05) is 30.3 Å². The number of aromatic carboxylic acids is 1. The van der Waals surface area contributed by atoms with Gasteiger partial charge in [0.1, 0.15) is 11.4 Å². The van der Waals surface area contributed by atoms with Gasteiger partial charge in [-0.2, -0.15) is 0 Å². The predicted octanol–water partition coefficient (Wildman–Crippen LogP) is 3.85. The summed E-state index contributed by atoms with van der Waals surface area (Å²) >= 11 is 0. The summed E-state index contributed by atoms with van der Waals surface area (Å²) < 4.78 is 10.5. The topological polar surface area (TPSA) is 89.4 Å². The normalized spacial score (nSPS) is 11.0. The van der Waals surface area contributed by atoms with Gasteiger partial charge in [0, 0.05) is 5.56 Å². The zero-order valence-electron chi connectivity index (χ0n) is 11.8. The largest absolute Gasteiger partial charge is 0.478 e. The molecule has 0 saturated carbocycles. The molecule has 0 aliphatic heterocycles. The van der Waals surface area contributed by atoms with Crippen molar-refractivity contribution in [2.24, 2.45) is 0 Å². The van der Waals surface area contributed by atoms with Gasteiger partial charge in [-0.3, -0.25) is 0 Å². The lowest BCUT2D eigenvalue weighted by Gasteiger charge is -2.02. The van der Waals surface area contributed by atoms with Crippen molar-refractivity contribution in [1.29, 1.82) is 0 Å².